The van der Waals surface area contributed by atoms with E-state index in [-0.39, 0.29) is 11.3 Å². The van der Waals surface area contributed by atoms with Crippen LogP contribution < -0.4 is 0 Å². The van der Waals surface area contributed by atoms with Crippen LogP contribution in [0.25, 0.3) is 16.8 Å². The molecule has 0 atom stereocenters. The molecule has 1 aromatic heterocycles. The molecule has 4 aromatic rings. The summed E-state index contributed by atoms with van der Waals surface area (Å²) in [5, 5.41) is 20.2. The topological polar surface area (TPSA) is 58.3 Å². The van der Waals surface area contributed by atoms with Crippen molar-refractivity contribution >= 4 is 11.6 Å². The molecule has 0 aliphatic rings. The zero-order valence-electron chi connectivity index (χ0n) is 18.2. The van der Waals surface area contributed by atoms with Gasteiger partial charge in [0.15, 0.2) is 0 Å². The van der Waals surface area contributed by atoms with Crippen molar-refractivity contribution in [2.24, 2.45) is 0 Å². The zero-order chi connectivity index (χ0) is 23.8. The lowest BCUT2D eigenvalue weighted by atomic mass is 10.0. The summed E-state index contributed by atoms with van der Waals surface area (Å²) >= 11 is 6.32. The SMILES string of the molecule is CC(C)(O)c1cn(-c2ccc(-c3ccc(CO)c(F)c3)cc2F)c(Cc2ccccc2Cl)n1. The standard InChI is InChI=1S/C26H23ClF2N2O2/c1-26(2,33)24-14-31(25(30-24)13-18-5-3-4-6-20(18)27)23-10-9-17(12-22(23)29)16-7-8-19(15-32)21(28)11-16/h3-12,14,32-33H,13,15H2,1-2H3. The van der Waals surface area contributed by atoms with Gasteiger partial charge in [0.2, 0.25) is 0 Å². The third-order valence-electron chi connectivity index (χ3n) is 5.48. The summed E-state index contributed by atoms with van der Waals surface area (Å²) in [7, 11) is 0. The fraction of sp³-hybridized carbons (Fsp3) is 0.192. The van der Waals surface area contributed by atoms with Crippen molar-refractivity contribution in [3.63, 3.8) is 0 Å². The van der Waals surface area contributed by atoms with Gasteiger partial charge in [-0.2, -0.15) is 0 Å². The maximum Gasteiger partial charge on any atom is 0.147 e. The van der Waals surface area contributed by atoms with Crippen LogP contribution in [0.15, 0.2) is 66.9 Å². The van der Waals surface area contributed by atoms with Crippen LogP contribution in [0.1, 0.15) is 36.5 Å². The Labute approximate surface area is 195 Å². The lowest BCUT2D eigenvalue weighted by Crippen LogP contribution is -2.16. The molecule has 4 rings (SSSR count). The molecule has 4 nitrogen and oxygen atoms in total. The average Bonchev–Trinajstić information content (AvgIpc) is 3.19. The summed E-state index contributed by atoms with van der Waals surface area (Å²) < 4.78 is 31.0. The first kappa shape index (κ1) is 23.1. The molecule has 7 heteroatoms. The second-order valence-electron chi connectivity index (χ2n) is 8.37. The molecule has 0 radical (unpaired) electrons. The normalized spacial score (nSPS) is 11.7. The van der Waals surface area contributed by atoms with Gasteiger partial charge < -0.3 is 14.8 Å². The van der Waals surface area contributed by atoms with Crippen LogP contribution in [-0.4, -0.2) is 19.8 Å². The van der Waals surface area contributed by atoms with Crippen molar-refractivity contribution in [2.45, 2.75) is 32.5 Å². The highest BCUT2D eigenvalue weighted by molar-refractivity contribution is 6.31. The lowest BCUT2D eigenvalue weighted by molar-refractivity contribution is 0.0741. The minimum atomic E-state index is -1.22. The van der Waals surface area contributed by atoms with Gasteiger partial charge in [-0.05, 0) is 54.8 Å². The Balaban J connectivity index is 1.77. The van der Waals surface area contributed by atoms with Gasteiger partial charge in [-0.15, -0.1) is 0 Å². The zero-order valence-corrected chi connectivity index (χ0v) is 18.9. The Morgan fingerprint density at radius 1 is 0.939 bits per heavy atom. The number of benzene rings is 3. The molecular formula is C26H23ClF2N2O2. The monoisotopic (exact) mass is 468 g/mol. The van der Waals surface area contributed by atoms with E-state index in [1.165, 1.54) is 18.2 Å². The van der Waals surface area contributed by atoms with E-state index < -0.39 is 23.8 Å². The van der Waals surface area contributed by atoms with Crippen LogP contribution in [-0.2, 0) is 18.6 Å². The molecule has 0 spiro atoms. The van der Waals surface area contributed by atoms with Gasteiger partial charge in [0.1, 0.15) is 23.1 Å². The summed E-state index contributed by atoms with van der Waals surface area (Å²) in [6.45, 7) is 2.82. The van der Waals surface area contributed by atoms with E-state index in [2.05, 4.69) is 4.98 Å². The predicted octanol–water partition coefficient (Wildman–Crippen LogP) is 5.78. The molecule has 0 aliphatic heterocycles. The van der Waals surface area contributed by atoms with Crippen LogP contribution >= 0.6 is 11.6 Å². The van der Waals surface area contributed by atoms with E-state index >= 15 is 4.39 Å². The Bertz CT molecular complexity index is 1310. The van der Waals surface area contributed by atoms with E-state index in [1.807, 2.05) is 18.2 Å². The molecule has 3 aromatic carbocycles. The smallest absolute Gasteiger partial charge is 0.147 e. The molecule has 0 bridgehead atoms. The molecule has 0 amide bonds. The third-order valence-corrected chi connectivity index (χ3v) is 5.84. The van der Waals surface area contributed by atoms with Gasteiger partial charge in [-0.1, -0.05) is 48.0 Å². The predicted molar refractivity (Wildman–Crippen MR) is 124 cm³/mol. The van der Waals surface area contributed by atoms with Gasteiger partial charge in [0.25, 0.3) is 0 Å². The summed E-state index contributed by atoms with van der Waals surface area (Å²) in [6, 6.07) is 16.3. The third kappa shape index (κ3) is 4.83. The van der Waals surface area contributed by atoms with Crippen molar-refractivity contribution in [3.05, 3.63) is 106 Å². The number of nitrogens with zero attached hydrogens (tertiary/aromatic N) is 2. The molecule has 0 aliphatic carbocycles. The number of aliphatic hydroxyl groups is 2. The molecule has 33 heavy (non-hydrogen) atoms. The van der Waals surface area contributed by atoms with Gasteiger partial charge in [-0.25, -0.2) is 13.8 Å². The summed E-state index contributed by atoms with van der Waals surface area (Å²) in [5.74, 6) is -0.560. The summed E-state index contributed by atoms with van der Waals surface area (Å²) in [4.78, 5) is 4.56. The largest absolute Gasteiger partial charge is 0.392 e. The minimum absolute atomic E-state index is 0.178. The fourth-order valence-corrected chi connectivity index (χ4v) is 3.80. The molecule has 2 N–H and O–H groups in total. The number of aliphatic hydroxyl groups excluding tert-OH is 1. The Morgan fingerprint density at radius 3 is 2.21 bits per heavy atom. The fourth-order valence-electron chi connectivity index (χ4n) is 3.60. The number of aromatic nitrogens is 2. The van der Waals surface area contributed by atoms with Crippen LogP contribution in [0.3, 0.4) is 0 Å². The first-order chi connectivity index (χ1) is 15.7. The van der Waals surface area contributed by atoms with Gasteiger partial charge in [0, 0.05) is 23.2 Å². The van der Waals surface area contributed by atoms with Crippen LogP contribution in [0, 0.1) is 11.6 Å². The second-order valence-corrected chi connectivity index (χ2v) is 8.78. The van der Waals surface area contributed by atoms with E-state index in [9.17, 15) is 9.50 Å². The second kappa shape index (κ2) is 9.06. The van der Waals surface area contributed by atoms with Crippen molar-refractivity contribution in [1.29, 1.82) is 0 Å². The van der Waals surface area contributed by atoms with Gasteiger partial charge >= 0.3 is 0 Å². The first-order valence-corrected chi connectivity index (χ1v) is 10.8. The highest BCUT2D eigenvalue weighted by atomic mass is 35.5. The Morgan fingerprint density at radius 2 is 1.61 bits per heavy atom. The number of halogens is 3. The van der Waals surface area contributed by atoms with Gasteiger partial charge in [0.05, 0.1) is 18.0 Å². The van der Waals surface area contributed by atoms with Crippen molar-refractivity contribution in [1.82, 2.24) is 9.55 Å². The Kier molecular flexibility index (Phi) is 6.34. The number of imidazole rings is 1. The van der Waals surface area contributed by atoms with E-state index in [4.69, 9.17) is 16.7 Å². The van der Waals surface area contributed by atoms with Crippen molar-refractivity contribution in [2.75, 3.05) is 0 Å². The molecule has 0 saturated carbocycles. The lowest BCUT2D eigenvalue weighted by Gasteiger charge is -2.13. The number of rotatable bonds is 6. The highest BCUT2D eigenvalue weighted by Gasteiger charge is 2.24. The Hall–Kier alpha value is -3.06. The molecule has 1 heterocycles. The minimum Gasteiger partial charge on any atom is -0.392 e. The van der Waals surface area contributed by atoms with Crippen molar-refractivity contribution < 1.29 is 19.0 Å². The molecular weight excluding hydrogens is 446 g/mol. The van der Waals surface area contributed by atoms with Crippen molar-refractivity contribution in [3.8, 4) is 16.8 Å². The van der Waals surface area contributed by atoms with Crippen LogP contribution in [0.4, 0.5) is 8.78 Å². The number of hydrogen-bond donors (Lipinski definition) is 2. The van der Waals surface area contributed by atoms with Crippen LogP contribution in [0.5, 0.6) is 0 Å². The molecule has 0 saturated heterocycles. The highest BCUT2D eigenvalue weighted by Crippen LogP contribution is 2.29. The summed E-state index contributed by atoms with van der Waals surface area (Å²) in [5.41, 5.74) is 1.42. The average molecular weight is 469 g/mol. The quantitative estimate of drug-likeness (QED) is 0.377. The molecule has 0 fully saturated rings. The summed E-state index contributed by atoms with van der Waals surface area (Å²) in [6.07, 6.45) is 1.95. The van der Waals surface area contributed by atoms with Crippen LogP contribution in [0.2, 0.25) is 5.02 Å². The van der Waals surface area contributed by atoms with E-state index in [0.29, 0.717) is 34.1 Å². The van der Waals surface area contributed by atoms with E-state index in [1.54, 1.807) is 48.9 Å². The number of hydrogen-bond acceptors (Lipinski definition) is 3. The molecule has 170 valence electrons. The van der Waals surface area contributed by atoms with Gasteiger partial charge in [-0.3, -0.25) is 0 Å². The maximum absolute atomic E-state index is 15.3. The first-order valence-electron chi connectivity index (χ1n) is 10.4. The molecule has 0 unspecified atom stereocenters. The van der Waals surface area contributed by atoms with E-state index in [0.717, 1.165) is 5.56 Å². The maximum atomic E-state index is 15.3.